The largest absolute Gasteiger partial charge is 0.285 e. The van der Waals surface area contributed by atoms with E-state index in [1.807, 2.05) is 0 Å². The van der Waals surface area contributed by atoms with Crippen molar-refractivity contribution in [3.8, 4) is 0 Å². The zero-order chi connectivity index (χ0) is 4.41. The highest BCUT2D eigenvalue weighted by Gasteiger charge is 1.75. The predicted octanol–water partition coefficient (Wildman–Crippen LogP) is 0.592. The van der Waals surface area contributed by atoms with Gasteiger partial charge in [-0.15, -0.1) is 0 Å². The number of aromatic nitrogens is 2. The number of rotatable bonds is 0. The fourth-order valence-electron chi connectivity index (χ4n) is 0.291. The highest BCUT2D eigenvalue weighted by Crippen LogP contribution is 1.82. The number of hydrogen-bond acceptors (Lipinski definition) is 1. The molecule has 0 aliphatic heterocycles. The first-order chi connectivity index (χ1) is 2.89. The maximum Gasteiger partial charge on any atom is 0.0625 e. The van der Waals surface area contributed by atoms with Gasteiger partial charge in [-0.3, -0.25) is 5.10 Å². The molecule has 0 spiro atoms. The first-order valence-electron chi connectivity index (χ1n) is 1.71. The number of aromatic amines is 1. The van der Waals surface area contributed by atoms with E-state index in [9.17, 15) is 0 Å². The molecular weight excluding hydrogens is 76.1 g/mol. The Hall–Kier alpha value is -0.790. The Bertz CT molecular complexity index is 109. The standard InChI is InChI=1S/C4H5N2/c1-4-2-3-5-6-4/h2-3H,1H2,(H,5,6). The molecule has 0 bridgehead atoms. The van der Waals surface area contributed by atoms with Crippen molar-refractivity contribution in [2.24, 2.45) is 0 Å². The van der Waals surface area contributed by atoms with E-state index in [-0.39, 0.29) is 0 Å². The number of nitrogens with zero attached hydrogens (tertiary/aromatic N) is 1. The maximum atomic E-state index is 3.68. The summed E-state index contributed by atoms with van der Waals surface area (Å²) in [4.78, 5) is 0. The maximum absolute atomic E-state index is 3.68. The normalized spacial score (nSPS) is 8.83. The molecule has 0 aliphatic rings. The van der Waals surface area contributed by atoms with Crippen molar-refractivity contribution in [2.75, 3.05) is 0 Å². The van der Waals surface area contributed by atoms with Crippen molar-refractivity contribution in [1.29, 1.82) is 0 Å². The average molecular weight is 81.1 g/mol. The van der Waals surface area contributed by atoms with Crippen LogP contribution < -0.4 is 0 Å². The minimum absolute atomic E-state index is 0.787. The molecular formula is C4H5N2. The number of hydrogen-bond donors (Lipinski definition) is 1. The van der Waals surface area contributed by atoms with Crippen LogP contribution in [0, 0.1) is 6.92 Å². The molecule has 0 amide bonds. The van der Waals surface area contributed by atoms with Crippen LogP contribution in [0.1, 0.15) is 5.69 Å². The molecule has 0 aliphatic carbocycles. The van der Waals surface area contributed by atoms with Gasteiger partial charge in [-0.2, -0.15) is 5.10 Å². The summed E-state index contributed by atoms with van der Waals surface area (Å²) in [6.07, 6.45) is 1.74. The highest BCUT2D eigenvalue weighted by atomic mass is 15.1. The second-order valence-corrected chi connectivity index (χ2v) is 1.07. The van der Waals surface area contributed by atoms with E-state index >= 15 is 0 Å². The molecule has 1 aromatic heterocycles. The Morgan fingerprint density at radius 2 is 2.67 bits per heavy atom. The molecule has 6 heavy (non-hydrogen) atoms. The molecule has 1 N–H and O–H groups in total. The lowest BCUT2D eigenvalue weighted by Crippen LogP contribution is -1.65. The van der Waals surface area contributed by atoms with E-state index in [2.05, 4.69) is 17.1 Å². The van der Waals surface area contributed by atoms with Gasteiger partial charge in [0.25, 0.3) is 0 Å². The third kappa shape index (κ3) is 0.407. The molecule has 0 saturated heterocycles. The molecule has 1 aromatic rings. The fraction of sp³-hybridized carbons (Fsp3) is 0. The van der Waals surface area contributed by atoms with E-state index in [4.69, 9.17) is 0 Å². The van der Waals surface area contributed by atoms with Gasteiger partial charge in [0.15, 0.2) is 0 Å². The molecule has 2 heteroatoms. The molecule has 0 saturated carbocycles. The lowest BCUT2D eigenvalue weighted by molar-refractivity contribution is 1.07. The molecule has 1 rings (SSSR count). The van der Waals surface area contributed by atoms with Gasteiger partial charge < -0.3 is 0 Å². The van der Waals surface area contributed by atoms with Crippen molar-refractivity contribution < 1.29 is 0 Å². The Morgan fingerprint density at radius 1 is 1.83 bits per heavy atom. The smallest absolute Gasteiger partial charge is 0.0625 e. The molecule has 0 aromatic carbocycles. The summed E-state index contributed by atoms with van der Waals surface area (Å²) in [5.41, 5.74) is 0.787. The summed E-state index contributed by atoms with van der Waals surface area (Å²) < 4.78 is 0. The summed E-state index contributed by atoms with van der Waals surface area (Å²) in [5, 5.41) is 6.30. The van der Waals surface area contributed by atoms with Gasteiger partial charge in [0.2, 0.25) is 0 Å². The fourth-order valence-corrected chi connectivity index (χ4v) is 0.291. The third-order valence-corrected chi connectivity index (χ3v) is 0.558. The van der Waals surface area contributed by atoms with Crippen molar-refractivity contribution in [2.45, 2.75) is 0 Å². The Balaban J connectivity index is 3.05. The van der Waals surface area contributed by atoms with Crippen LogP contribution >= 0.6 is 0 Å². The second kappa shape index (κ2) is 1.12. The van der Waals surface area contributed by atoms with Crippen molar-refractivity contribution in [3.05, 3.63) is 24.9 Å². The van der Waals surface area contributed by atoms with E-state index in [0.29, 0.717) is 0 Å². The number of H-pyrrole nitrogens is 1. The minimum Gasteiger partial charge on any atom is -0.285 e. The summed E-state index contributed by atoms with van der Waals surface area (Å²) in [6, 6.07) is 1.81. The summed E-state index contributed by atoms with van der Waals surface area (Å²) in [5.74, 6) is 0. The topological polar surface area (TPSA) is 28.7 Å². The Morgan fingerprint density at radius 3 is 2.83 bits per heavy atom. The van der Waals surface area contributed by atoms with E-state index in [1.165, 1.54) is 0 Å². The van der Waals surface area contributed by atoms with Crippen LogP contribution in [-0.4, -0.2) is 10.2 Å². The van der Waals surface area contributed by atoms with E-state index < -0.39 is 0 Å². The van der Waals surface area contributed by atoms with Crippen molar-refractivity contribution >= 4 is 0 Å². The van der Waals surface area contributed by atoms with Gasteiger partial charge in [-0.1, -0.05) is 0 Å². The van der Waals surface area contributed by atoms with Crippen LogP contribution in [0.2, 0.25) is 0 Å². The van der Waals surface area contributed by atoms with Gasteiger partial charge in [-0.25, -0.2) is 0 Å². The molecule has 0 fully saturated rings. The first-order valence-corrected chi connectivity index (χ1v) is 1.71. The van der Waals surface area contributed by atoms with Gasteiger partial charge >= 0.3 is 0 Å². The lowest BCUT2D eigenvalue weighted by atomic mass is 10.5. The van der Waals surface area contributed by atoms with Gasteiger partial charge in [0.1, 0.15) is 0 Å². The minimum atomic E-state index is 0.787. The van der Waals surface area contributed by atoms with Gasteiger partial charge in [0, 0.05) is 6.20 Å². The van der Waals surface area contributed by atoms with Crippen LogP contribution in [-0.2, 0) is 0 Å². The second-order valence-electron chi connectivity index (χ2n) is 1.07. The quantitative estimate of drug-likeness (QED) is 0.486. The summed E-state index contributed by atoms with van der Waals surface area (Å²) >= 11 is 0. The van der Waals surface area contributed by atoms with Gasteiger partial charge in [0.05, 0.1) is 5.69 Å². The monoisotopic (exact) mass is 81.0 g/mol. The Labute approximate surface area is 36.2 Å². The predicted molar refractivity (Wildman–Crippen MR) is 23.0 cm³/mol. The van der Waals surface area contributed by atoms with Crippen molar-refractivity contribution in [3.63, 3.8) is 0 Å². The zero-order valence-corrected chi connectivity index (χ0v) is 3.31. The molecule has 0 unspecified atom stereocenters. The van der Waals surface area contributed by atoms with Crippen LogP contribution in [0.4, 0.5) is 0 Å². The van der Waals surface area contributed by atoms with Crippen LogP contribution in [0.5, 0.6) is 0 Å². The van der Waals surface area contributed by atoms with Gasteiger partial charge in [-0.05, 0) is 13.0 Å². The Kier molecular flexibility index (Phi) is 0.638. The molecule has 2 nitrogen and oxygen atoms in total. The van der Waals surface area contributed by atoms with E-state index in [1.54, 1.807) is 12.3 Å². The first kappa shape index (κ1) is 3.40. The van der Waals surface area contributed by atoms with Crippen LogP contribution in [0.15, 0.2) is 12.3 Å². The van der Waals surface area contributed by atoms with Crippen LogP contribution in [0.25, 0.3) is 0 Å². The van der Waals surface area contributed by atoms with Crippen LogP contribution in [0.3, 0.4) is 0 Å². The zero-order valence-electron chi connectivity index (χ0n) is 3.31. The van der Waals surface area contributed by atoms with Crippen molar-refractivity contribution in [1.82, 2.24) is 10.2 Å². The summed E-state index contributed by atoms with van der Waals surface area (Å²) in [7, 11) is 0. The van der Waals surface area contributed by atoms with E-state index in [0.717, 1.165) is 5.69 Å². The average Bonchev–Trinajstić information content (AvgIpc) is 1.86. The highest BCUT2D eigenvalue weighted by molar-refractivity contribution is 4.99. The molecule has 31 valence electrons. The third-order valence-electron chi connectivity index (χ3n) is 0.558. The lowest BCUT2D eigenvalue weighted by Gasteiger charge is -1.64. The SMILES string of the molecule is [CH2]c1cc[nH]n1. The molecule has 0 atom stereocenters. The number of nitrogens with one attached hydrogen (secondary N) is 1. The molecule has 1 radical (unpaired) electrons. The summed E-state index contributed by atoms with van der Waals surface area (Å²) in [6.45, 7) is 3.54. The molecule has 1 heterocycles.